The molecule has 0 spiro atoms. The average molecular weight is 233 g/mol. The van der Waals surface area contributed by atoms with Crippen LogP contribution < -0.4 is 5.73 Å². The highest BCUT2D eigenvalue weighted by molar-refractivity contribution is 5.37. The smallest absolute Gasteiger partial charge is 0.129 e. The molecule has 0 aromatic heterocycles. The average Bonchev–Trinajstić information content (AvgIpc) is 2.27. The maximum Gasteiger partial charge on any atom is 0.129 e. The van der Waals surface area contributed by atoms with Crippen LogP contribution in [0.1, 0.15) is 30.4 Å². The molecule has 2 nitrogen and oxygen atoms in total. The topological polar surface area (TPSA) is 35.2 Å². The monoisotopic (exact) mass is 233 g/mol. The predicted octanol–water partition coefficient (Wildman–Crippen LogP) is 2.21. The number of halogens is 1. The summed E-state index contributed by atoms with van der Waals surface area (Å²) in [6.07, 6.45) is 3.75. The summed E-state index contributed by atoms with van der Waals surface area (Å²) in [4.78, 5) is 0. The van der Waals surface area contributed by atoms with Gasteiger partial charge in [-0.1, -0.05) is 17.9 Å². The van der Waals surface area contributed by atoms with Crippen molar-refractivity contribution in [1.29, 1.82) is 0 Å². The molecule has 0 heterocycles. The van der Waals surface area contributed by atoms with Crippen LogP contribution in [0.25, 0.3) is 0 Å². The van der Waals surface area contributed by atoms with E-state index >= 15 is 0 Å². The minimum Gasteiger partial charge on any atom is -0.373 e. The third-order valence-electron chi connectivity index (χ3n) is 2.91. The molecule has 0 aliphatic heterocycles. The third-order valence-corrected chi connectivity index (χ3v) is 2.91. The SMILES string of the molecule is NCC#Cc1ccc(COC2CCC2)c(F)c1. The second-order valence-corrected chi connectivity index (χ2v) is 4.18. The molecule has 17 heavy (non-hydrogen) atoms. The van der Waals surface area contributed by atoms with E-state index in [-0.39, 0.29) is 12.4 Å². The van der Waals surface area contributed by atoms with Gasteiger partial charge in [-0.2, -0.15) is 0 Å². The van der Waals surface area contributed by atoms with E-state index in [1.54, 1.807) is 12.1 Å². The van der Waals surface area contributed by atoms with Crippen LogP contribution in [-0.4, -0.2) is 12.6 Å². The Kier molecular flexibility index (Phi) is 4.13. The van der Waals surface area contributed by atoms with E-state index in [4.69, 9.17) is 10.5 Å². The molecule has 1 aromatic rings. The molecule has 2 rings (SSSR count). The van der Waals surface area contributed by atoms with Crippen LogP contribution in [0.2, 0.25) is 0 Å². The summed E-state index contributed by atoms with van der Waals surface area (Å²) in [6, 6.07) is 4.96. The number of benzene rings is 1. The highest BCUT2D eigenvalue weighted by Crippen LogP contribution is 2.23. The molecule has 0 saturated heterocycles. The Morgan fingerprint density at radius 1 is 1.41 bits per heavy atom. The minimum atomic E-state index is -0.256. The van der Waals surface area contributed by atoms with Crippen molar-refractivity contribution in [2.45, 2.75) is 32.0 Å². The lowest BCUT2D eigenvalue weighted by atomic mass is 9.96. The quantitative estimate of drug-likeness (QED) is 0.812. The second-order valence-electron chi connectivity index (χ2n) is 4.18. The summed E-state index contributed by atoms with van der Waals surface area (Å²) < 4.78 is 19.2. The van der Waals surface area contributed by atoms with Gasteiger partial charge in [0.2, 0.25) is 0 Å². The van der Waals surface area contributed by atoms with Gasteiger partial charge in [0, 0.05) is 11.1 Å². The summed E-state index contributed by atoms with van der Waals surface area (Å²) in [7, 11) is 0. The fraction of sp³-hybridized carbons (Fsp3) is 0.429. The van der Waals surface area contributed by atoms with E-state index < -0.39 is 0 Å². The Labute approximate surface area is 101 Å². The first kappa shape index (κ1) is 12.1. The van der Waals surface area contributed by atoms with Gasteiger partial charge < -0.3 is 10.5 Å². The molecule has 1 aliphatic rings. The maximum atomic E-state index is 13.7. The Bertz CT molecular complexity index is 443. The normalized spacial score (nSPS) is 14.9. The molecule has 1 saturated carbocycles. The van der Waals surface area contributed by atoms with Crippen LogP contribution in [-0.2, 0) is 11.3 Å². The van der Waals surface area contributed by atoms with Gasteiger partial charge in [-0.25, -0.2) is 4.39 Å². The molecule has 2 N–H and O–H groups in total. The molecule has 3 heteroatoms. The van der Waals surface area contributed by atoms with E-state index in [9.17, 15) is 4.39 Å². The van der Waals surface area contributed by atoms with Gasteiger partial charge in [-0.15, -0.1) is 0 Å². The lowest BCUT2D eigenvalue weighted by molar-refractivity contribution is -0.00975. The molecule has 90 valence electrons. The minimum absolute atomic E-state index is 0.256. The van der Waals surface area contributed by atoms with Crippen LogP contribution in [0, 0.1) is 17.7 Å². The van der Waals surface area contributed by atoms with E-state index in [1.807, 2.05) is 0 Å². The summed E-state index contributed by atoms with van der Waals surface area (Å²) in [5, 5.41) is 0. The van der Waals surface area contributed by atoms with Gasteiger partial charge >= 0.3 is 0 Å². The zero-order valence-corrected chi connectivity index (χ0v) is 9.71. The highest BCUT2D eigenvalue weighted by atomic mass is 19.1. The largest absolute Gasteiger partial charge is 0.373 e. The van der Waals surface area contributed by atoms with Crippen molar-refractivity contribution in [3.05, 3.63) is 35.1 Å². The first-order valence-corrected chi connectivity index (χ1v) is 5.88. The van der Waals surface area contributed by atoms with E-state index in [1.165, 1.54) is 12.5 Å². The van der Waals surface area contributed by atoms with Crippen molar-refractivity contribution in [2.75, 3.05) is 6.54 Å². The van der Waals surface area contributed by atoms with Crippen LogP contribution >= 0.6 is 0 Å². The standard InChI is InChI=1S/C14H16FNO/c15-14-9-11(3-2-8-16)6-7-12(14)10-17-13-4-1-5-13/h6-7,9,13H,1,4-5,8,10,16H2. The maximum absolute atomic E-state index is 13.7. The Morgan fingerprint density at radius 2 is 2.24 bits per heavy atom. The van der Waals surface area contributed by atoms with E-state index in [0.717, 1.165) is 12.8 Å². The van der Waals surface area contributed by atoms with Crippen LogP contribution in [0.15, 0.2) is 18.2 Å². The van der Waals surface area contributed by atoms with Gasteiger partial charge in [0.1, 0.15) is 5.82 Å². The zero-order chi connectivity index (χ0) is 12.1. The summed E-state index contributed by atoms with van der Waals surface area (Å²) in [5.74, 6) is 5.25. The Balaban J connectivity index is 1.97. The van der Waals surface area contributed by atoms with Crippen molar-refractivity contribution < 1.29 is 9.13 Å². The Hall–Kier alpha value is -1.37. The van der Waals surface area contributed by atoms with Crippen LogP contribution in [0.5, 0.6) is 0 Å². The number of rotatable bonds is 3. The zero-order valence-electron chi connectivity index (χ0n) is 9.71. The fourth-order valence-electron chi connectivity index (χ4n) is 1.64. The third kappa shape index (κ3) is 3.29. The van der Waals surface area contributed by atoms with Crippen molar-refractivity contribution >= 4 is 0 Å². The highest BCUT2D eigenvalue weighted by Gasteiger charge is 2.18. The van der Waals surface area contributed by atoms with Gasteiger partial charge in [-0.05, 0) is 31.4 Å². The molecule has 0 atom stereocenters. The molecular formula is C14H16FNO. The van der Waals surface area contributed by atoms with Crippen molar-refractivity contribution in [3.63, 3.8) is 0 Å². The van der Waals surface area contributed by atoms with Gasteiger partial charge in [0.25, 0.3) is 0 Å². The molecule has 0 amide bonds. The predicted molar refractivity (Wildman–Crippen MR) is 64.8 cm³/mol. The fourth-order valence-corrected chi connectivity index (χ4v) is 1.64. The van der Waals surface area contributed by atoms with Crippen molar-refractivity contribution in [1.82, 2.24) is 0 Å². The van der Waals surface area contributed by atoms with Gasteiger partial charge in [0.05, 0.1) is 19.3 Å². The van der Waals surface area contributed by atoms with Crippen molar-refractivity contribution in [2.24, 2.45) is 5.73 Å². The number of ether oxygens (including phenoxy) is 1. The molecule has 0 unspecified atom stereocenters. The number of hydrogen-bond donors (Lipinski definition) is 1. The molecule has 1 aromatic carbocycles. The molecule has 1 fully saturated rings. The Morgan fingerprint density at radius 3 is 2.82 bits per heavy atom. The van der Waals surface area contributed by atoms with Crippen molar-refractivity contribution in [3.8, 4) is 11.8 Å². The number of hydrogen-bond acceptors (Lipinski definition) is 2. The summed E-state index contributed by atoms with van der Waals surface area (Å²) in [6.45, 7) is 0.634. The van der Waals surface area contributed by atoms with E-state index in [2.05, 4.69) is 11.8 Å². The summed E-state index contributed by atoms with van der Waals surface area (Å²) in [5.41, 5.74) is 6.51. The molecule has 0 radical (unpaired) electrons. The van der Waals surface area contributed by atoms with Gasteiger partial charge in [-0.3, -0.25) is 0 Å². The van der Waals surface area contributed by atoms with Crippen LogP contribution in [0.4, 0.5) is 4.39 Å². The van der Waals surface area contributed by atoms with Gasteiger partial charge in [0.15, 0.2) is 0 Å². The lowest BCUT2D eigenvalue weighted by Gasteiger charge is -2.25. The van der Waals surface area contributed by atoms with Crippen LogP contribution in [0.3, 0.4) is 0 Å². The first-order chi connectivity index (χ1) is 8.29. The second kappa shape index (κ2) is 5.81. The molecule has 1 aliphatic carbocycles. The van der Waals surface area contributed by atoms with E-state index in [0.29, 0.717) is 23.8 Å². The molecule has 0 bridgehead atoms. The summed E-state index contributed by atoms with van der Waals surface area (Å²) >= 11 is 0. The number of nitrogens with two attached hydrogens (primary N) is 1. The lowest BCUT2D eigenvalue weighted by Crippen LogP contribution is -2.21. The molecular weight excluding hydrogens is 217 g/mol. The first-order valence-electron chi connectivity index (χ1n) is 5.88.